The van der Waals surface area contributed by atoms with E-state index in [0.717, 1.165) is 34.3 Å². The summed E-state index contributed by atoms with van der Waals surface area (Å²) in [4.78, 5) is 0. The van der Waals surface area contributed by atoms with Crippen molar-refractivity contribution in [3.05, 3.63) is 51.8 Å². The molecule has 114 valence electrons. The molecular formula is C16H19BrCl2N2. The number of nitrogens with zero attached hydrogens (tertiary/aromatic N) is 2. The fourth-order valence-corrected chi connectivity index (χ4v) is 3.99. The van der Waals surface area contributed by atoms with Crippen LogP contribution < -0.4 is 0 Å². The summed E-state index contributed by atoms with van der Waals surface area (Å²) in [6.45, 7) is 2.11. The highest BCUT2D eigenvalue weighted by atomic mass is 79.9. The number of hydrogen-bond acceptors (Lipinski definition) is 1. The quantitative estimate of drug-likeness (QED) is 0.654. The zero-order valence-corrected chi connectivity index (χ0v) is 15.3. The highest BCUT2D eigenvalue weighted by molar-refractivity contribution is 9.10. The van der Waals surface area contributed by atoms with Gasteiger partial charge in [-0.05, 0) is 24.1 Å². The Kier molecular flexibility index (Phi) is 5.75. The molecule has 0 aliphatic carbocycles. The third-order valence-electron chi connectivity index (χ3n) is 3.87. The molecular weight excluding hydrogens is 371 g/mol. The highest BCUT2D eigenvalue weighted by Gasteiger charge is 2.33. The molecule has 0 spiro atoms. The van der Waals surface area contributed by atoms with Crippen LogP contribution in [0.5, 0.6) is 0 Å². The van der Waals surface area contributed by atoms with E-state index in [0.29, 0.717) is 11.8 Å². The molecule has 0 aliphatic heterocycles. The first kappa shape index (κ1) is 16.9. The first-order valence-electron chi connectivity index (χ1n) is 6.95. The van der Waals surface area contributed by atoms with E-state index in [4.69, 9.17) is 23.2 Å². The van der Waals surface area contributed by atoms with Crippen LogP contribution in [-0.4, -0.2) is 21.5 Å². The second kappa shape index (κ2) is 7.17. The normalized spacial score (nSPS) is 11.9. The molecule has 5 heteroatoms. The van der Waals surface area contributed by atoms with Gasteiger partial charge in [0.15, 0.2) is 0 Å². The van der Waals surface area contributed by atoms with E-state index in [1.807, 2.05) is 29.9 Å². The predicted molar refractivity (Wildman–Crippen MR) is 93.6 cm³/mol. The maximum Gasteiger partial charge on any atom is 0.0624 e. The molecule has 2 rings (SSSR count). The van der Waals surface area contributed by atoms with E-state index >= 15 is 0 Å². The van der Waals surface area contributed by atoms with Gasteiger partial charge in [0.05, 0.1) is 5.69 Å². The number of aromatic nitrogens is 2. The van der Waals surface area contributed by atoms with E-state index in [2.05, 4.69) is 40.1 Å². The minimum Gasteiger partial charge on any atom is -0.272 e. The Morgan fingerprint density at radius 1 is 1.24 bits per heavy atom. The molecule has 0 amide bonds. The number of alkyl halides is 2. The summed E-state index contributed by atoms with van der Waals surface area (Å²) in [6, 6.07) is 10.3. The van der Waals surface area contributed by atoms with E-state index in [1.54, 1.807) is 0 Å². The molecule has 0 saturated heterocycles. The van der Waals surface area contributed by atoms with Crippen molar-refractivity contribution in [3.8, 4) is 0 Å². The maximum absolute atomic E-state index is 6.34. The first-order chi connectivity index (χ1) is 10.1. The third-order valence-corrected chi connectivity index (χ3v) is 5.58. The van der Waals surface area contributed by atoms with Crippen LogP contribution >= 0.6 is 39.1 Å². The van der Waals surface area contributed by atoms with Crippen molar-refractivity contribution >= 4 is 39.1 Å². The van der Waals surface area contributed by atoms with Gasteiger partial charge in [-0.2, -0.15) is 5.10 Å². The van der Waals surface area contributed by atoms with Gasteiger partial charge in [0.2, 0.25) is 0 Å². The van der Waals surface area contributed by atoms with Crippen LogP contribution in [0, 0.1) is 0 Å². The van der Waals surface area contributed by atoms with Gasteiger partial charge >= 0.3 is 0 Å². The van der Waals surface area contributed by atoms with Gasteiger partial charge in [-0.25, -0.2) is 0 Å². The van der Waals surface area contributed by atoms with Crippen LogP contribution in [0.25, 0.3) is 0 Å². The number of halogens is 3. The standard InChI is InChI=1S/C16H19BrCl2N2/c1-3-12-8-13(21(2)20-12)9-16(10-18,11-19)14-6-4-5-7-15(14)17/h4-8H,3,9-11H2,1-2H3. The Bertz CT molecular complexity index is 606. The van der Waals surface area contributed by atoms with Gasteiger partial charge < -0.3 is 0 Å². The van der Waals surface area contributed by atoms with E-state index in [9.17, 15) is 0 Å². The minimum atomic E-state index is -0.304. The lowest BCUT2D eigenvalue weighted by Crippen LogP contribution is -2.34. The van der Waals surface area contributed by atoms with Crippen LogP contribution in [0.1, 0.15) is 23.9 Å². The molecule has 1 heterocycles. The monoisotopic (exact) mass is 388 g/mol. The fraction of sp³-hybridized carbons (Fsp3) is 0.438. The zero-order chi connectivity index (χ0) is 15.5. The maximum atomic E-state index is 6.34. The summed E-state index contributed by atoms with van der Waals surface area (Å²) in [5.41, 5.74) is 3.10. The number of benzene rings is 1. The van der Waals surface area contributed by atoms with E-state index in [1.165, 1.54) is 0 Å². The first-order valence-corrected chi connectivity index (χ1v) is 8.81. The van der Waals surface area contributed by atoms with Gasteiger partial charge in [0, 0.05) is 40.8 Å². The summed E-state index contributed by atoms with van der Waals surface area (Å²) in [5.74, 6) is 0.928. The molecule has 1 aromatic heterocycles. The molecule has 0 bridgehead atoms. The van der Waals surface area contributed by atoms with Gasteiger partial charge in [-0.15, -0.1) is 23.2 Å². The second-order valence-corrected chi connectivity index (χ2v) is 6.70. The highest BCUT2D eigenvalue weighted by Crippen LogP contribution is 2.36. The van der Waals surface area contributed by atoms with Crippen molar-refractivity contribution in [1.29, 1.82) is 0 Å². The number of rotatable bonds is 6. The minimum absolute atomic E-state index is 0.304. The Balaban J connectivity index is 2.43. The summed E-state index contributed by atoms with van der Waals surface area (Å²) in [5, 5.41) is 4.52. The average molecular weight is 390 g/mol. The van der Waals surface area contributed by atoms with E-state index < -0.39 is 0 Å². The molecule has 0 radical (unpaired) electrons. The SMILES string of the molecule is CCc1cc(CC(CCl)(CCl)c2ccccc2Br)n(C)n1. The summed E-state index contributed by atoms with van der Waals surface area (Å²) >= 11 is 16.3. The smallest absolute Gasteiger partial charge is 0.0624 e. The van der Waals surface area contributed by atoms with Crippen molar-refractivity contribution in [2.24, 2.45) is 7.05 Å². The van der Waals surface area contributed by atoms with Crippen LogP contribution in [0.3, 0.4) is 0 Å². The molecule has 0 unspecified atom stereocenters. The Hall–Kier alpha value is -0.510. The second-order valence-electron chi connectivity index (χ2n) is 5.31. The average Bonchev–Trinajstić information content (AvgIpc) is 2.86. The summed E-state index contributed by atoms with van der Waals surface area (Å²) in [6.07, 6.45) is 1.70. The molecule has 0 atom stereocenters. The lowest BCUT2D eigenvalue weighted by atomic mass is 9.80. The molecule has 0 fully saturated rings. The Labute approximate surface area is 144 Å². The van der Waals surface area contributed by atoms with E-state index in [-0.39, 0.29) is 5.41 Å². The summed E-state index contributed by atoms with van der Waals surface area (Å²) < 4.78 is 2.98. The van der Waals surface area contributed by atoms with Gasteiger partial charge in [-0.1, -0.05) is 41.1 Å². The predicted octanol–water partition coefficient (Wildman–Crippen LogP) is 4.70. The van der Waals surface area contributed by atoms with Crippen molar-refractivity contribution in [3.63, 3.8) is 0 Å². The van der Waals surface area contributed by atoms with Gasteiger partial charge in [0.25, 0.3) is 0 Å². The molecule has 0 saturated carbocycles. The number of aryl methyl sites for hydroxylation is 2. The van der Waals surface area contributed by atoms with Crippen molar-refractivity contribution in [2.75, 3.05) is 11.8 Å². The lowest BCUT2D eigenvalue weighted by molar-refractivity contribution is 0.508. The van der Waals surface area contributed by atoms with Gasteiger partial charge in [-0.3, -0.25) is 4.68 Å². The van der Waals surface area contributed by atoms with Gasteiger partial charge in [0.1, 0.15) is 0 Å². The molecule has 21 heavy (non-hydrogen) atoms. The Morgan fingerprint density at radius 3 is 2.43 bits per heavy atom. The van der Waals surface area contributed by atoms with Crippen LogP contribution in [0.4, 0.5) is 0 Å². The molecule has 0 N–H and O–H groups in total. The van der Waals surface area contributed by atoms with Crippen molar-refractivity contribution in [1.82, 2.24) is 9.78 Å². The topological polar surface area (TPSA) is 17.8 Å². The van der Waals surface area contributed by atoms with Crippen molar-refractivity contribution in [2.45, 2.75) is 25.2 Å². The molecule has 0 aliphatic rings. The molecule has 2 nitrogen and oxygen atoms in total. The molecule has 2 aromatic rings. The lowest BCUT2D eigenvalue weighted by Gasteiger charge is -2.31. The summed E-state index contributed by atoms with van der Waals surface area (Å²) in [7, 11) is 1.97. The molecule has 1 aromatic carbocycles. The third kappa shape index (κ3) is 3.46. The largest absolute Gasteiger partial charge is 0.272 e. The van der Waals surface area contributed by atoms with Crippen LogP contribution in [-0.2, 0) is 25.3 Å². The van der Waals surface area contributed by atoms with Crippen LogP contribution in [0.2, 0.25) is 0 Å². The number of hydrogen-bond donors (Lipinski definition) is 0. The van der Waals surface area contributed by atoms with Crippen LogP contribution in [0.15, 0.2) is 34.8 Å². The fourth-order valence-electron chi connectivity index (χ4n) is 2.52. The Morgan fingerprint density at radius 2 is 1.90 bits per heavy atom. The zero-order valence-electron chi connectivity index (χ0n) is 12.2. The van der Waals surface area contributed by atoms with Crippen molar-refractivity contribution < 1.29 is 0 Å².